The van der Waals surface area contributed by atoms with Crippen LogP contribution in [0, 0.1) is 6.92 Å². The summed E-state index contributed by atoms with van der Waals surface area (Å²) in [5.74, 6) is 2.07. The fourth-order valence-electron chi connectivity index (χ4n) is 2.44. The first kappa shape index (κ1) is 17.0. The molecule has 1 N–H and O–H groups in total. The van der Waals surface area contributed by atoms with Gasteiger partial charge in [0.05, 0.1) is 15.2 Å². The van der Waals surface area contributed by atoms with Crippen LogP contribution < -0.4 is 5.32 Å². The normalized spacial score (nSPS) is 10.9. The van der Waals surface area contributed by atoms with Crippen LogP contribution in [-0.4, -0.2) is 16.6 Å². The molecule has 0 spiro atoms. The molecule has 0 unspecified atom stereocenters. The van der Waals surface area contributed by atoms with Crippen LogP contribution in [-0.2, 0) is 10.5 Å². The molecule has 2 aromatic carbocycles. The summed E-state index contributed by atoms with van der Waals surface area (Å²) in [6.07, 6.45) is 1.44. The van der Waals surface area contributed by atoms with E-state index >= 15 is 0 Å². The summed E-state index contributed by atoms with van der Waals surface area (Å²) in [6, 6.07) is 16.3. The van der Waals surface area contributed by atoms with Crippen molar-refractivity contribution in [3.8, 4) is 0 Å². The lowest BCUT2D eigenvalue weighted by Gasteiger charge is -2.05. The lowest BCUT2D eigenvalue weighted by molar-refractivity contribution is -0.116. The molecule has 0 saturated carbocycles. The predicted molar refractivity (Wildman–Crippen MR) is 105 cm³/mol. The third kappa shape index (κ3) is 4.82. The lowest BCUT2D eigenvalue weighted by Crippen LogP contribution is -2.11. The molecule has 0 aliphatic heterocycles. The van der Waals surface area contributed by atoms with Crippen LogP contribution in [0.15, 0.2) is 48.5 Å². The average Bonchev–Trinajstić information content (AvgIpc) is 2.95. The first-order valence-corrected chi connectivity index (χ1v) is 9.96. The highest BCUT2D eigenvalue weighted by Gasteiger charge is 2.05. The van der Waals surface area contributed by atoms with E-state index < -0.39 is 0 Å². The van der Waals surface area contributed by atoms with Gasteiger partial charge < -0.3 is 5.32 Å². The molecule has 5 heteroatoms. The van der Waals surface area contributed by atoms with Crippen LogP contribution in [0.5, 0.6) is 0 Å². The van der Waals surface area contributed by atoms with Gasteiger partial charge in [0.15, 0.2) is 0 Å². The van der Waals surface area contributed by atoms with Gasteiger partial charge in [-0.05, 0) is 42.9 Å². The van der Waals surface area contributed by atoms with E-state index in [-0.39, 0.29) is 5.91 Å². The topological polar surface area (TPSA) is 42.0 Å². The molecule has 3 nitrogen and oxygen atoms in total. The molecule has 1 aromatic heterocycles. The molecule has 0 aliphatic rings. The van der Waals surface area contributed by atoms with E-state index in [1.807, 2.05) is 43.0 Å². The zero-order chi connectivity index (χ0) is 16.8. The van der Waals surface area contributed by atoms with E-state index in [4.69, 9.17) is 0 Å². The number of thiazole rings is 1. The second-order valence-electron chi connectivity index (χ2n) is 5.61. The molecule has 0 saturated heterocycles. The smallest absolute Gasteiger partial charge is 0.224 e. The van der Waals surface area contributed by atoms with E-state index in [0.717, 1.165) is 38.8 Å². The third-order valence-electron chi connectivity index (χ3n) is 3.58. The number of thioether (sulfide) groups is 1. The van der Waals surface area contributed by atoms with E-state index in [9.17, 15) is 4.79 Å². The third-order valence-corrected chi connectivity index (χ3v) is 5.65. The fraction of sp³-hybridized carbons (Fsp3) is 0.263. The van der Waals surface area contributed by atoms with Crippen molar-refractivity contribution < 1.29 is 4.79 Å². The molecule has 0 aliphatic carbocycles. The maximum Gasteiger partial charge on any atom is 0.224 e. The molecular formula is C19H20N2OS2. The quantitative estimate of drug-likeness (QED) is 0.587. The summed E-state index contributed by atoms with van der Waals surface area (Å²) >= 11 is 3.54. The Bertz CT molecular complexity index is 815. The van der Waals surface area contributed by atoms with Gasteiger partial charge in [-0.15, -0.1) is 11.3 Å². The Hall–Kier alpha value is -1.85. The van der Waals surface area contributed by atoms with Crippen LogP contribution in [0.25, 0.3) is 10.2 Å². The molecule has 24 heavy (non-hydrogen) atoms. The second-order valence-corrected chi connectivity index (χ2v) is 7.95. The van der Waals surface area contributed by atoms with Gasteiger partial charge in [-0.2, -0.15) is 11.8 Å². The van der Waals surface area contributed by atoms with Crippen LogP contribution >= 0.6 is 23.1 Å². The molecule has 3 aromatic rings. The number of hydrogen-bond donors (Lipinski definition) is 1. The van der Waals surface area contributed by atoms with E-state index in [0.29, 0.717) is 6.42 Å². The van der Waals surface area contributed by atoms with Crippen molar-refractivity contribution in [2.45, 2.75) is 25.5 Å². The van der Waals surface area contributed by atoms with Crippen LogP contribution in [0.2, 0.25) is 0 Å². The molecule has 124 valence electrons. The first-order chi connectivity index (χ1) is 11.7. The zero-order valence-electron chi connectivity index (χ0n) is 13.6. The maximum atomic E-state index is 12.0. The van der Waals surface area contributed by atoms with Crippen molar-refractivity contribution in [3.63, 3.8) is 0 Å². The fourth-order valence-corrected chi connectivity index (χ4v) is 4.17. The summed E-state index contributed by atoms with van der Waals surface area (Å²) < 4.78 is 1.16. The molecule has 0 bridgehead atoms. The van der Waals surface area contributed by atoms with Gasteiger partial charge >= 0.3 is 0 Å². The SMILES string of the molecule is Cc1nc2cc(NC(=O)CCCSCc3ccccc3)ccc2s1. The Balaban J connectivity index is 1.40. The molecular weight excluding hydrogens is 336 g/mol. The van der Waals surface area contributed by atoms with Gasteiger partial charge in [0, 0.05) is 17.9 Å². The van der Waals surface area contributed by atoms with E-state index in [1.165, 1.54) is 5.56 Å². The van der Waals surface area contributed by atoms with Crippen molar-refractivity contribution >= 4 is 44.9 Å². The monoisotopic (exact) mass is 356 g/mol. The van der Waals surface area contributed by atoms with Crippen LogP contribution in [0.3, 0.4) is 0 Å². The number of aryl methyl sites for hydroxylation is 1. The van der Waals surface area contributed by atoms with Gasteiger partial charge in [-0.25, -0.2) is 4.98 Å². The van der Waals surface area contributed by atoms with Gasteiger partial charge in [0.25, 0.3) is 0 Å². The minimum atomic E-state index is 0.0709. The number of anilines is 1. The summed E-state index contributed by atoms with van der Waals surface area (Å²) in [5, 5.41) is 4.01. The highest BCUT2D eigenvalue weighted by atomic mass is 32.2. The molecule has 1 amide bonds. The molecule has 0 atom stereocenters. The zero-order valence-corrected chi connectivity index (χ0v) is 15.3. The number of aromatic nitrogens is 1. The minimum absolute atomic E-state index is 0.0709. The summed E-state index contributed by atoms with van der Waals surface area (Å²) in [6.45, 7) is 2.00. The number of benzene rings is 2. The van der Waals surface area contributed by atoms with E-state index in [2.05, 4.69) is 34.6 Å². The Kier molecular flexibility index (Phi) is 5.88. The average molecular weight is 357 g/mol. The van der Waals surface area contributed by atoms with Gasteiger partial charge in [0.2, 0.25) is 5.91 Å². The van der Waals surface area contributed by atoms with Crippen molar-refractivity contribution in [1.82, 2.24) is 4.98 Å². The Morgan fingerprint density at radius 1 is 1.21 bits per heavy atom. The van der Waals surface area contributed by atoms with E-state index in [1.54, 1.807) is 11.3 Å². The molecule has 1 heterocycles. The number of carbonyl (C=O) groups excluding carboxylic acids is 1. The Morgan fingerprint density at radius 2 is 2.04 bits per heavy atom. The summed E-state index contributed by atoms with van der Waals surface area (Å²) in [7, 11) is 0. The highest BCUT2D eigenvalue weighted by molar-refractivity contribution is 7.98. The number of carbonyl (C=O) groups is 1. The number of rotatable bonds is 7. The van der Waals surface area contributed by atoms with Gasteiger partial charge in [-0.1, -0.05) is 30.3 Å². The number of amides is 1. The minimum Gasteiger partial charge on any atom is -0.326 e. The van der Waals surface area contributed by atoms with Crippen molar-refractivity contribution in [3.05, 3.63) is 59.1 Å². The van der Waals surface area contributed by atoms with Crippen LogP contribution in [0.4, 0.5) is 5.69 Å². The van der Waals surface area contributed by atoms with Crippen LogP contribution in [0.1, 0.15) is 23.4 Å². The largest absolute Gasteiger partial charge is 0.326 e. The van der Waals surface area contributed by atoms with Gasteiger partial charge in [-0.3, -0.25) is 4.79 Å². The first-order valence-electron chi connectivity index (χ1n) is 7.99. The van der Waals surface area contributed by atoms with Crippen molar-refractivity contribution in [2.24, 2.45) is 0 Å². The molecule has 0 fully saturated rings. The maximum absolute atomic E-state index is 12.0. The van der Waals surface area contributed by atoms with Gasteiger partial charge in [0.1, 0.15) is 0 Å². The predicted octanol–water partition coefficient (Wildman–Crippen LogP) is 5.26. The summed E-state index contributed by atoms with van der Waals surface area (Å²) in [5.41, 5.74) is 3.11. The Morgan fingerprint density at radius 3 is 2.88 bits per heavy atom. The second kappa shape index (κ2) is 8.31. The number of fused-ring (bicyclic) bond motifs is 1. The Labute approximate surface area is 150 Å². The lowest BCUT2D eigenvalue weighted by atomic mass is 10.2. The summed E-state index contributed by atoms with van der Waals surface area (Å²) in [4.78, 5) is 16.5. The molecule has 0 radical (unpaired) electrons. The number of nitrogens with one attached hydrogen (secondary N) is 1. The molecule has 3 rings (SSSR count). The standard InChI is InChI=1S/C19H20N2OS2/c1-14-20-17-12-16(9-10-18(17)24-14)21-19(22)8-5-11-23-13-15-6-3-2-4-7-15/h2-4,6-7,9-10,12H,5,8,11,13H2,1H3,(H,21,22). The van der Waals surface area contributed by atoms with Crippen molar-refractivity contribution in [2.75, 3.05) is 11.1 Å². The highest BCUT2D eigenvalue weighted by Crippen LogP contribution is 2.24. The van der Waals surface area contributed by atoms with Crippen molar-refractivity contribution in [1.29, 1.82) is 0 Å². The number of nitrogens with zero attached hydrogens (tertiary/aromatic N) is 1. The number of hydrogen-bond acceptors (Lipinski definition) is 4.